The Bertz CT molecular complexity index is 903. The normalized spacial score (nSPS) is 10.9. The largest absolute Gasteiger partial charge is 0.495 e. The maximum atomic E-state index is 12.2. The molecule has 1 amide bonds. The zero-order valence-electron chi connectivity index (χ0n) is 14.0. The quantitative estimate of drug-likeness (QED) is 0.607. The number of nitrogens with zero attached hydrogens (tertiary/aromatic N) is 2. The number of aryl methyl sites for hydroxylation is 2. The van der Waals surface area contributed by atoms with Gasteiger partial charge < -0.3 is 15.0 Å². The van der Waals surface area contributed by atoms with Gasteiger partial charge in [0.15, 0.2) is 10.8 Å². The Labute approximate surface area is 157 Å². The Kier molecular flexibility index (Phi) is 5.29. The fourth-order valence-electron chi connectivity index (χ4n) is 2.29. The zero-order valence-corrected chi connectivity index (χ0v) is 16.4. The fraction of sp³-hybridized carbons (Fsp3) is 0.235. The number of anilines is 1. The summed E-state index contributed by atoms with van der Waals surface area (Å²) < 4.78 is 6.19. The van der Waals surface area contributed by atoms with Gasteiger partial charge in [0, 0.05) is 4.47 Å². The molecule has 0 spiro atoms. The number of fused-ring (bicyclic) bond motifs is 1. The van der Waals surface area contributed by atoms with E-state index < -0.39 is 0 Å². The molecule has 130 valence electrons. The van der Waals surface area contributed by atoms with E-state index in [-0.39, 0.29) is 11.7 Å². The van der Waals surface area contributed by atoms with Gasteiger partial charge in [-0.05, 0) is 53.5 Å². The van der Waals surface area contributed by atoms with Crippen molar-refractivity contribution >= 4 is 50.5 Å². The molecule has 0 saturated heterocycles. The van der Waals surface area contributed by atoms with Crippen molar-refractivity contribution in [1.82, 2.24) is 15.0 Å². The second kappa shape index (κ2) is 7.45. The molecular weight excluding hydrogens is 404 g/mol. The number of hydrogen-bond donors (Lipinski definition) is 2. The van der Waals surface area contributed by atoms with Gasteiger partial charge in [0.2, 0.25) is 5.91 Å². The van der Waals surface area contributed by atoms with Crippen molar-refractivity contribution in [1.29, 1.82) is 0 Å². The molecule has 0 atom stereocenters. The number of benzene rings is 1. The number of hydrogen-bond acceptors (Lipinski definition) is 5. The van der Waals surface area contributed by atoms with Gasteiger partial charge in [0.1, 0.15) is 5.75 Å². The Morgan fingerprint density at radius 1 is 1.32 bits per heavy atom. The maximum Gasteiger partial charge on any atom is 0.234 e. The van der Waals surface area contributed by atoms with Crippen molar-refractivity contribution in [3.8, 4) is 5.75 Å². The maximum absolute atomic E-state index is 12.2. The molecule has 2 heterocycles. The van der Waals surface area contributed by atoms with E-state index in [2.05, 4.69) is 36.2 Å². The van der Waals surface area contributed by atoms with Crippen LogP contribution in [0.4, 0.5) is 5.69 Å². The molecule has 2 aromatic heterocycles. The number of thioether (sulfide) groups is 1. The highest BCUT2D eigenvalue weighted by Crippen LogP contribution is 2.26. The van der Waals surface area contributed by atoms with Gasteiger partial charge in [-0.1, -0.05) is 17.8 Å². The number of imidazole rings is 1. The van der Waals surface area contributed by atoms with Crippen LogP contribution in [0.2, 0.25) is 0 Å². The molecule has 0 radical (unpaired) electrons. The number of aromatic amines is 1. The van der Waals surface area contributed by atoms with E-state index in [9.17, 15) is 4.79 Å². The van der Waals surface area contributed by atoms with Gasteiger partial charge >= 0.3 is 0 Å². The molecule has 3 rings (SSSR count). The lowest BCUT2D eigenvalue weighted by atomic mass is 10.2. The minimum absolute atomic E-state index is 0.125. The topological polar surface area (TPSA) is 79.9 Å². The van der Waals surface area contributed by atoms with E-state index in [1.54, 1.807) is 7.11 Å². The number of carbonyl (C=O) groups is 1. The summed E-state index contributed by atoms with van der Waals surface area (Å²) >= 11 is 4.78. The number of aromatic nitrogens is 3. The molecular formula is C17H17BrN4O2S. The smallest absolute Gasteiger partial charge is 0.234 e. The van der Waals surface area contributed by atoms with E-state index >= 15 is 0 Å². The predicted octanol–water partition coefficient (Wildman–Crippen LogP) is 4.08. The summed E-state index contributed by atoms with van der Waals surface area (Å²) in [5.74, 6) is 0.744. The number of pyridine rings is 1. The molecule has 0 aliphatic carbocycles. The van der Waals surface area contributed by atoms with Crippen LogP contribution in [0.1, 0.15) is 11.3 Å². The van der Waals surface area contributed by atoms with Crippen molar-refractivity contribution in [2.45, 2.75) is 19.0 Å². The lowest BCUT2D eigenvalue weighted by Crippen LogP contribution is -2.15. The molecule has 1 aromatic carbocycles. The molecule has 8 heteroatoms. The highest BCUT2D eigenvalue weighted by Gasteiger charge is 2.11. The second-order valence-electron chi connectivity index (χ2n) is 5.51. The molecule has 0 aliphatic heterocycles. The molecule has 25 heavy (non-hydrogen) atoms. The lowest BCUT2D eigenvalue weighted by Gasteiger charge is -2.10. The van der Waals surface area contributed by atoms with Crippen molar-refractivity contribution in [2.75, 3.05) is 18.2 Å². The number of ether oxygens (including phenoxy) is 1. The molecule has 0 unspecified atom stereocenters. The Hall–Kier alpha value is -2.06. The average molecular weight is 421 g/mol. The summed E-state index contributed by atoms with van der Waals surface area (Å²) in [5.41, 5.74) is 4.07. The Morgan fingerprint density at radius 2 is 2.12 bits per heavy atom. The molecule has 3 aromatic rings. The van der Waals surface area contributed by atoms with Crippen LogP contribution in [-0.4, -0.2) is 33.7 Å². The summed E-state index contributed by atoms with van der Waals surface area (Å²) in [5, 5.41) is 3.53. The predicted molar refractivity (Wildman–Crippen MR) is 103 cm³/mol. The summed E-state index contributed by atoms with van der Waals surface area (Å²) in [6, 6.07) is 7.59. The summed E-state index contributed by atoms with van der Waals surface area (Å²) in [7, 11) is 1.58. The van der Waals surface area contributed by atoms with Crippen LogP contribution in [0, 0.1) is 13.8 Å². The number of methoxy groups -OCH3 is 1. The minimum Gasteiger partial charge on any atom is -0.495 e. The van der Waals surface area contributed by atoms with E-state index in [1.165, 1.54) is 11.8 Å². The van der Waals surface area contributed by atoms with Crippen LogP contribution in [0.15, 0.2) is 33.9 Å². The number of carbonyl (C=O) groups excluding carboxylic acids is 1. The third-order valence-electron chi connectivity index (χ3n) is 3.55. The van der Waals surface area contributed by atoms with Crippen molar-refractivity contribution in [2.24, 2.45) is 0 Å². The third-order valence-corrected chi connectivity index (χ3v) is 5.23. The summed E-state index contributed by atoms with van der Waals surface area (Å²) in [4.78, 5) is 24.2. The summed E-state index contributed by atoms with van der Waals surface area (Å²) in [6.07, 6.45) is 0. The molecule has 0 bridgehead atoms. The molecule has 2 N–H and O–H groups in total. The summed E-state index contributed by atoms with van der Waals surface area (Å²) in [6.45, 7) is 3.87. The molecule has 0 fully saturated rings. The zero-order chi connectivity index (χ0) is 18.0. The first kappa shape index (κ1) is 17.8. The average Bonchev–Trinajstić information content (AvgIpc) is 2.95. The Balaban J connectivity index is 1.67. The van der Waals surface area contributed by atoms with Gasteiger partial charge in [-0.3, -0.25) is 4.79 Å². The molecule has 0 aliphatic rings. The number of halogens is 1. The van der Waals surface area contributed by atoms with Crippen LogP contribution in [-0.2, 0) is 4.79 Å². The van der Waals surface area contributed by atoms with E-state index in [1.807, 2.05) is 38.1 Å². The third kappa shape index (κ3) is 4.13. The van der Waals surface area contributed by atoms with E-state index in [4.69, 9.17) is 4.74 Å². The lowest BCUT2D eigenvalue weighted by molar-refractivity contribution is -0.113. The van der Waals surface area contributed by atoms with E-state index in [0.29, 0.717) is 22.2 Å². The Morgan fingerprint density at radius 3 is 2.88 bits per heavy atom. The van der Waals surface area contributed by atoms with Crippen molar-refractivity contribution in [3.63, 3.8) is 0 Å². The van der Waals surface area contributed by atoms with Gasteiger partial charge in [0.25, 0.3) is 0 Å². The van der Waals surface area contributed by atoms with Crippen LogP contribution in [0.3, 0.4) is 0 Å². The van der Waals surface area contributed by atoms with Gasteiger partial charge in [0.05, 0.1) is 29.8 Å². The first-order valence-electron chi connectivity index (χ1n) is 7.56. The van der Waals surface area contributed by atoms with Gasteiger partial charge in [-0.2, -0.15) is 0 Å². The minimum atomic E-state index is -0.125. The van der Waals surface area contributed by atoms with Crippen molar-refractivity contribution < 1.29 is 9.53 Å². The monoisotopic (exact) mass is 420 g/mol. The molecule has 6 nitrogen and oxygen atoms in total. The van der Waals surface area contributed by atoms with Crippen LogP contribution < -0.4 is 10.1 Å². The fourth-order valence-corrected chi connectivity index (χ4v) is 3.28. The number of H-pyrrole nitrogens is 1. The second-order valence-corrected chi connectivity index (χ2v) is 7.33. The number of rotatable bonds is 5. The highest BCUT2D eigenvalue weighted by atomic mass is 79.9. The van der Waals surface area contributed by atoms with Gasteiger partial charge in [-0.25, -0.2) is 9.97 Å². The van der Waals surface area contributed by atoms with Crippen LogP contribution >= 0.6 is 27.7 Å². The SMILES string of the molecule is COc1ccc(C)cc1NC(=O)CSc1nc2nc(C)c(Br)cc2[nH]1. The van der Waals surface area contributed by atoms with Crippen molar-refractivity contribution in [3.05, 3.63) is 40.0 Å². The van der Waals surface area contributed by atoms with E-state index in [0.717, 1.165) is 21.2 Å². The number of nitrogens with one attached hydrogen (secondary N) is 2. The highest BCUT2D eigenvalue weighted by molar-refractivity contribution is 9.10. The molecule has 0 saturated carbocycles. The van der Waals surface area contributed by atoms with Gasteiger partial charge in [-0.15, -0.1) is 0 Å². The standard InChI is InChI=1S/C17H17BrN4O2S/c1-9-4-5-14(24-3)12(6-9)20-15(23)8-25-17-21-13-7-11(18)10(2)19-16(13)22-17/h4-7H,8H2,1-3H3,(H,20,23)(H,19,21,22). The van der Waals surface area contributed by atoms with Crippen LogP contribution in [0.5, 0.6) is 5.75 Å². The number of amides is 1. The van der Waals surface area contributed by atoms with Crippen LogP contribution in [0.25, 0.3) is 11.2 Å². The first-order chi connectivity index (χ1) is 12.0. The first-order valence-corrected chi connectivity index (χ1v) is 9.34.